The third kappa shape index (κ3) is 3.36. The van der Waals surface area contributed by atoms with Crippen LogP contribution >= 0.6 is 0 Å². The molecule has 0 aliphatic carbocycles. The first-order valence-corrected chi connectivity index (χ1v) is 7.13. The summed E-state index contributed by atoms with van der Waals surface area (Å²) >= 11 is 0. The van der Waals surface area contributed by atoms with E-state index >= 15 is 0 Å². The van der Waals surface area contributed by atoms with E-state index in [4.69, 9.17) is 14.2 Å². The molecule has 0 atom stereocenters. The van der Waals surface area contributed by atoms with Gasteiger partial charge in [-0.1, -0.05) is 30.3 Å². The van der Waals surface area contributed by atoms with Gasteiger partial charge in [-0.25, -0.2) is 9.59 Å². The zero-order chi connectivity index (χ0) is 15.9. The molecule has 1 aliphatic rings. The molecular weight excluding hydrogens is 284 g/mol. The van der Waals surface area contributed by atoms with Crippen molar-refractivity contribution in [3.63, 3.8) is 0 Å². The van der Waals surface area contributed by atoms with Crippen molar-refractivity contribution in [2.75, 3.05) is 13.2 Å². The monoisotopic (exact) mass is 302 g/mol. The van der Waals surface area contributed by atoms with Gasteiger partial charge in [0.1, 0.15) is 12.5 Å². The summed E-state index contributed by atoms with van der Waals surface area (Å²) in [7, 11) is 0. The Hall–Kier alpha value is -2.56. The average Bonchev–Trinajstić information content (AvgIpc) is 2.55. The largest absolute Gasteiger partial charge is 0.471 e. The van der Waals surface area contributed by atoms with Gasteiger partial charge in [0, 0.05) is 0 Å². The maximum absolute atomic E-state index is 12.2. The highest BCUT2D eigenvalue weighted by Crippen LogP contribution is 2.36. The summed E-state index contributed by atoms with van der Waals surface area (Å²) in [4.78, 5) is 24.3. The van der Waals surface area contributed by atoms with Gasteiger partial charge >= 0.3 is 11.9 Å². The standard InChI is InChI=1S/C17H18O5/c1-3-21-16(18)13-10-20-11-14(17(19)22-4-2)15(13)12-8-6-5-7-9-12/h5-11,15H,3-4H2,1-2H3. The Balaban J connectivity index is 2.41. The van der Waals surface area contributed by atoms with E-state index in [2.05, 4.69) is 0 Å². The number of carbonyl (C=O) groups is 2. The molecule has 0 amide bonds. The van der Waals surface area contributed by atoms with Crippen LogP contribution in [0.15, 0.2) is 54.0 Å². The van der Waals surface area contributed by atoms with Crippen molar-refractivity contribution < 1.29 is 23.8 Å². The molecule has 0 N–H and O–H groups in total. The Morgan fingerprint density at radius 3 is 1.91 bits per heavy atom. The second-order valence-corrected chi connectivity index (χ2v) is 4.57. The zero-order valence-electron chi connectivity index (χ0n) is 12.6. The Labute approximate surface area is 129 Å². The molecule has 1 aromatic carbocycles. The molecule has 0 bridgehead atoms. The zero-order valence-corrected chi connectivity index (χ0v) is 12.6. The molecule has 22 heavy (non-hydrogen) atoms. The summed E-state index contributed by atoms with van der Waals surface area (Å²) < 4.78 is 15.3. The SMILES string of the molecule is CCOC(=O)C1=COC=C(C(=O)OCC)C1c1ccccc1. The number of esters is 2. The molecule has 0 spiro atoms. The average molecular weight is 302 g/mol. The summed E-state index contributed by atoms with van der Waals surface area (Å²) in [5.41, 5.74) is 1.35. The van der Waals surface area contributed by atoms with Crippen molar-refractivity contribution in [1.29, 1.82) is 0 Å². The second-order valence-electron chi connectivity index (χ2n) is 4.57. The molecule has 5 nitrogen and oxygen atoms in total. The third-order valence-electron chi connectivity index (χ3n) is 3.17. The molecule has 5 heteroatoms. The molecular formula is C17H18O5. The summed E-state index contributed by atoms with van der Waals surface area (Å²) in [6, 6.07) is 9.24. The Bertz CT molecular complexity index is 567. The lowest BCUT2D eigenvalue weighted by molar-refractivity contribution is -0.139. The van der Waals surface area contributed by atoms with Crippen molar-refractivity contribution in [2.45, 2.75) is 19.8 Å². The van der Waals surface area contributed by atoms with Crippen LogP contribution in [0.3, 0.4) is 0 Å². The van der Waals surface area contributed by atoms with Gasteiger partial charge in [-0.3, -0.25) is 0 Å². The van der Waals surface area contributed by atoms with Gasteiger partial charge in [0.15, 0.2) is 0 Å². The lowest BCUT2D eigenvalue weighted by Gasteiger charge is -2.24. The quantitative estimate of drug-likeness (QED) is 0.783. The molecule has 0 saturated carbocycles. The number of carbonyl (C=O) groups excluding carboxylic acids is 2. The van der Waals surface area contributed by atoms with E-state index in [9.17, 15) is 9.59 Å². The van der Waals surface area contributed by atoms with E-state index < -0.39 is 17.9 Å². The van der Waals surface area contributed by atoms with Crippen molar-refractivity contribution >= 4 is 11.9 Å². The Kier molecular flexibility index (Phi) is 5.36. The van der Waals surface area contributed by atoms with Gasteiger partial charge in [-0.15, -0.1) is 0 Å². The number of ether oxygens (including phenoxy) is 3. The summed E-state index contributed by atoms with van der Waals surface area (Å²) in [6.07, 6.45) is 2.64. The van der Waals surface area contributed by atoms with Crippen molar-refractivity contribution in [1.82, 2.24) is 0 Å². The fraction of sp³-hybridized carbons (Fsp3) is 0.294. The fourth-order valence-electron chi connectivity index (χ4n) is 2.25. The first-order valence-electron chi connectivity index (χ1n) is 7.13. The minimum absolute atomic E-state index is 0.246. The van der Waals surface area contributed by atoms with E-state index in [1.54, 1.807) is 13.8 Å². The van der Waals surface area contributed by atoms with Gasteiger partial charge in [0.25, 0.3) is 0 Å². The molecule has 1 aromatic rings. The normalized spacial score (nSPS) is 14.5. The van der Waals surface area contributed by atoms with Crippen LogP contribution in [0.5, 0.6) is 0 Å². The smallest absolute Gasteiger partial charge is 0.338 e. The molecule has 0 aromatic heterocycles. The van der Waals surface area contributed by atoms with E-state index in [-0.39, 0.29) is 24.4 Å². The predicted molar refractivity (Wildman–Crippen MR) is 79.7 cm³/mol. The maximum Gasteiger partial charge on any atom is 0.338 e. The van der Waals surface area contributed by atoms with Gasteiger partial charge in [0.05, 0.1) is 30.3 Å². The lowest BCUT2D eigenvalue weighted by atomic mass is 9.84. The molecule has 1 aliphatic heterocycles. The Morgan fingerprint density at radius 1 is 0.955 bits per heavy atom. The molecule has 0 fully saturated rings. The van der Waals surface area contributed by atoms with Crippen LogP contribution < -0.4 is 0 Å². The number of rotatable bonds is 5. The van der Waals surface area contributed by atoms with Crippen LogP contribution in [-0.4, -0.2) is 25.2 Å². The van der Waals surface area contributed by atoms with Crippen LogP contribution in [-0.2, 0) is 23.8 Å². The van der Waals surface area contributed by atoms with Crippen molar-refractivity contribution in [3.8, 4) is 0 Å². The Morgan fingerprint density at radius 2 is 1.45 bits per heavy atom. The highest BCUT2D eigenvalue weighted by atomic mass is 16.5. The highest BCUT2D eigenvalue weighted by Gasteiger charge is 2.34. The van der Waals surface area contributed by atoms with E-state index in [1.165, 1.54) is 12.5 Å². The van der Waals surface area contributed by atoms with E-state index in [1.807, 2.05) is 30.3 Å². The molecule has 1 heterocycles. The molecule has 116 valence electrons. The number of benzene rings is 1. The fourth-order valence-corrected chi connectivity index (χ4v) is 2.25. The predicted octanol–water partition coefficient (Wildman–Crippen LogP) is 2.69. The van der Waals surface area contributed by atoms with Crippen molar-refractivity contribution in [2.24, 2.45) is 0 Å². The summed E-state index contributed by atoms with van der Waals surface area (Å²) in [5, 5.41) is 0. The van der Waals surface area contributed by atoms with Crippen LogP contribution in [0.1, 0.15) is 25.3 Å². The minimum atomic E-state index is -0.562. The van der Waals surface area contributed by atoms with E-state index in [0.717, 1.165) is 5.56 Å². The van der Waals surface area contributed by atoms with Gasteiger partial charge in [-0.05, 0) is 19.4 Å². The molecule has 2 rings (SSSR count). The molecule has 0 unspecified atom stereocenters. The van der Waals surface area contributed by atoms with E-state index in [0.29, 0.717) is 0 Å². The van der Waals surface area contributed by atoms with Gasteiger partial charge in [0.2, 0.25) is 0 Å². The number of hydrogen-bond acceptors (Lipinski definition) is 5. The lowest BCUT2D eigenvalue weighted by Crippen LogP contribution is -2.24. The summed E-state index contributed by atoms with van der Waals surface area (Å²) in [5.74, 6) is -1.58. The topological polar surface area (TPSA) is 61.8 Å². The van der Waals surface area contributed by atoms with Gasteiger partial charge in [-0.2, -0.15) is 0 Å². The highest BCUT2D eigenvalue weighted by molar-refractivity contribution is 5.98. The maximum atomic E-state index is 12.2. The summed E-state index contributed by atoms with van der Waals surface area (Å²) in [6.45, 7) is 3.94. The first-order chi connectivity index (χ1) is 10.7. The van der Waals surface area contributed by atoms with Crippen LogP contribution in [0.25, 0.3) is 0 Å². The molecule has 0 radical (unpaired) electrons. The van der Waals surface area contributed by atoms with Crippen LogP contribution in [0.2, 0.25) is 0 Å². The number of hydrogen-bond donors (Lipinski definition) is 0. The third-order valence-corrected chi connectivity index (χ3v) is 3.17. The second kappa shape index (κ2) is 7.45. The van der Waals surface area contributed by atoms with Crippen molar-refractivity contribution in [3.05, 3.63) is 59.6 Å². The van der Waals surface area contributed by atoms with Crippen LogP contribution in [0.4, 0.5) is 0 Å². The van der Waals surface area contributed by atoms with Crippen LogP contribution in [0, 0.1) is 0 Å². The first kappa shape index (κ1) is 15.8. The minimum Gasteiger partial charge on any atom is -0.471 e. The molecule has 0 saturated heterocycles. The van der Waals surface area contributed by atoms with Gasteiger partial charge < -0.3 is 14.2 Å².